The molecule has 0 spiro atoms. The van der Waals surface area contributed by atoms with Crippen molar-refractivity contribution < 1.29 is 9.59 Å². The lowest BCUT2D eigenvalue weighted by molar-refractivity contribution is -0.138. The summed E-state index contributed by atoms with van der Waals surface area (Å²) in [7, 11) is 0. The highest BCUT2D eigenvalue weighted by atomic mass is 32.2. The molecule has 0 saturated carbocycles. The van der Waals surface area contributed by atoms with E-state index in [9.17, 15) is 9.59 Å². The molecule has 1 unspecified atom stereocenters. The molecule has 1 N–H and O–H groups in total. The Kier molecular flexibility index (Phi) is 8.40. The van der Waals surface area contributed by atoms with E-state index in [0.717, 1.165) is 22.4 Å². The molecule has 2 aromatic carbocycles. The first kappa shape index (κ1) is 21.0. The quantitative estimate of drug-likeness (QED) is 0.664. The number of amides is 2. The molecule has 0 aliphatic rings. The normalized spacial score (nSPS) is 11.7. The van der Waals surface area contributed by atoms with Crippen molar-refractivity contribution in [2.75, 3.05) is 12.3 Å². The van der Waals surface area contributed by atoms with E-state index < -0.39 is 6.04 Å². The van der Waals surface area contributed by atoms with E-state index in [0.29, 0.717) is 18.8 Å². The lowest BCUT2D eigenvalue weighted by Crippen LogP contribution is -2.48. The first-order valence-electron chi connectivity index (χ1n) is 9.32. The molecule has 2 aromatic rings. The minimum atomic E-state index is -0.514. The molecular weight excluding hydrogens is 356 g/mol. The van der Waals surface area contributed by atoms with Crippen LogP contribution in [-0.2, 0) is 16.1 Å². The molecule has 5 heteroatoms. The molecule has 2 amide bonds. The summed E-state index contributed by atoms with van der Waals surface area (Å²) in [5, 5.41) is 2.90. The van der Waals surface area contributed by atoms with Crippen LogP contribution < -0.4 is 5.32 Å². The van der Waals surface area contributed by atoms with Crippen LogP contribution in [0.3, 0.4) is 0 Å². The van der Waals surface area contributed by atoms with Crippen molar-refractivity contribution in [1.29, 1.82) is 0 Å². The zero-order valence-electron chi connectivity index (χ0n) is 16.3. The number of aryl methyl sites for hydroxylation is 1. The van der Waals surface area contributed by atoms with E-state index >= 15 is 0 Å². The lowest BCUT2D eigenvalue weighted by atomic mass is 10.1. The molecule has 2 rings (SSSR count). The van der Waals surface area contributed by atoms with Crippen molar-refractivity contribution in [2.45, 2.75) is 44.7 Å². The zero-order valence-corrected chi connectivity index (χ0v) is 17.1. The first-order chi connectivity index (χ1) is 13.0. The van der Waals surface area contributed by atoms with Gasteiger partial charge in [0.25, 0.3) is 0 Å². The highest BCUT2D eigenvalue weighted by Gasteiger charge is 2.26. The number of hydrogen-bond acceptors (Lipinski definition) is 3. The number of hydrogen-bond donors (Lipinski definition) is 1. The van der Waals surface area contributed by atoms with Crippen molar-refractivity contribution in [3.8, 4) is 0 Å². The van der Waals surface area contributed by atoms with E-state index in [2.05, 4.69) is 5.32 Å². The molecule has 27 heavy (non-hydrogen) atoms. The third kappa shape index (κ3) is 6.43. The topological polar surface area (TPSA) is 49.4 Å². The van der Waals surface area contributed by atoms with Crippen molar-refractivity contribution in [3.05, 3.63) is 65.7 Å². The van der Waals surface area contributed by atoms with Crippen LogP contribution in [0.1, 0.15) is 31.4 Å². The Bertz CT molecular complexity index is 749. The summed E-state index contributed by atoms with van der Waals surface area (Å²) in [5.41, 5.74) is 2.18. The summed E-state index contributed by atoms with van der Waals surface area (Å²) >= 11 is 1.50. The van der Waals surface area contributed by atoms with Gasteiger partial charge in [0, 0.05) is 18.0 Å². The zero-order chi connectivity index (χ0) is 19.6. The maximum Gasteiger partial charge on any atom is 0.242 e. The van der Waals surface area contributed by atoms with Gasteiger partial charge in [-0.2, -0.15) is 0 Å². The minimum Gasteiger partial charge on any atom is -0.354 e. The molecular formula is C22H28N2O2S. The molecule has 0 saturated heterocycles. The number of carbonyl (C=O) groups excluding carboxylic acids is 2. The Labute approximate surface area is 166 Å². The smallest absolute Gasteiger partial charge is 0.242 e. The first-order valence-corrected chi connectivity index (χ1v) is 10.3. The molecule has 0 fully saturated rings. The van der Waals surface area contributed by atoms with Crippen LogP contribution in [0.5, 0.6) is 0 Å². The standard InChI is InChI=1S/C22H28N2O2S/c1-4-14-23-22(26)18(3)24(15-19-11-9-8-10-17(19)2)21(25)16-27-20-12-6-5-7-13-20/h5-13,18H,4,14-16H2,1-3H3,(H,23,26). The fraction of sp³-hybridized carbons (Fsp3) is 0.364. The summed E-state index contributed by atoms with van der Waals surface area (Å²) in [5.74, 6) is 0.163. The Morgan fingerprint density at radius 3 is 2.41 bits per heavy atom. The molecule has 1 atom stereocenters. The highest BCUT2D eigenvalue weighted by molar-refractivity contribution is 8.00. The van der Waals surface area contributed by atoms with E-state index in [1.54, 1.807) is 11.8 Å². The van der Waals surface area contributed by atoms with Gasteiger partial charge in [0.1, 0.15) is 6.04 Å². The predicted octanol–water partition coefficient (Wildman–Crippen LogP) is 4.03. The second kappa shape index (κ2) is 10.8. The molecule has 144 valence electrons. The Morgan fingerprint density at radius 2 is 1.74 bits per heavy atom. The predicted molar refractivity (Wildman–Crippen MR) is 112 cm³/mol. The molecule has 0 aromatic heterocycles. The molecule has 0 heterocycles. The average Bonchev–Trinajstić information content (AvgIpc) is 2.70. The number of carbonyl (C=O) groups is 2. The van der Waals surface area contributed by atoms with Crippen LogP contribution in [0.2, 0.25) is 0 Å². The van der Waals surface area contributed by atoms with Crippen molar-refractivity contribution >= 4 is 23.6 Å². The third-order valence-electron chi connectivity index (χ3n) is 4.42. The van der Waals surface area contributed by atoms with Crippen LogP contribution in [0.25, 0.3) is 0 Å². The molecule has 0 aliphatic carbocycles. The van der Waals surface area contributed by atoms with Gasteiger partial charge in [-0.25, -0.2) is 0 Å². The average molecular weight is 385 g/mol. The second-order valence-corrected chi connectivity index (χ2v) is 7.57. The van der Waals surface area contributed by atoms with Crippen LogP contribution >= 0.6 is 11.8 Å². The fourth-order valence-corrected chi connectivity index (χ4v) is 3.50. The van der Waals surface area contributed by atoms with Gasteiger partial charge >= 0.3 is 0 Å². The maximum absolute atomic E-state index is 13.0. The van der Waals surface area contributed by atoms with Crippen LogP contribution in [0.15, 0.2) is 59.5 Å². The monoisotopic (exact) mass is 384 g/mol. The van der Waals surface area contributed by atoms with Crippen LogP contribution in [-0.4, -0.2) is 35.1 Å². The SMILES string of the molecule is CCCNC(=O)C(C)N(Cc1ccccc1C)C(=O)CSc1ccccc1. The number of thioether (sulfide) groups is 1. The van der Waals surface area contributed by atoms with E-state index in [1.807, 2.05) is 68.4 Å². The van der Waals surface area contributed by atoms with E-state index in [4.69, 9.17) is 0 Å². The van der Waals surface area contributed by atoms with Gasteiger partial charge < -0.3 is 10.2 Å². The number of nitrogens with one attached hydrogen (secondary N) is 1. The summed E-state index contributed by atoms with van der Waals surface area (Å²) in [6.45, 7) is 6.89. The van der Waals surface area contributed by atoms with Gasteiger partial charge in [0.15, 0.2) is 0 Å². The van der Waals surface area contributed by atoms with Crippen LogP contribution in [0.4, 0.5) is 0 Å². The summed E-state index contributed by atoms with van der Waals surface area (Å²) < 4.78 is 0. The molecule has 4 nitrogen and oxygen atoms in total. The van der Waals surface area contributed by atoms with Crippen LogP contribution in [0, 0.1) is 6.92 Å². The summed E-state index contributed by atoms with van der Waals surface area (Å²) in [4.78, 5) is 28.2. The maximum atomic E-state index is 13.0. The Morgan fingerprint density at radius 1 is 1.07 bits per heavy atom. The molecule has 0 aliphatic heterocycles. The van der Waals surface area contributed by atoms with Gasteiger partial charge in [-0.3, -0.25) is 9.59 Å². The van der Waals surface area contributed by atoms with E-state index in [1.165, 1.54) is 11.8 Å². The molecule has 0 bridgehead atoms. The van der Waals surface area contributed by atoms with Gasteiger partial charge in [-0.05, 0) is 43.5 Å². The molecule has 0 radical (unpaired) electrons. The Balaban J connectivity index is 2.13. The van der Waals surface area contributed by atoms with Crippen molar-refractivity contribution in [1.82, 2.24) is 10.2 Å². The highest BCUT2D eigenvalue weighted by Crippen LogP contribution is 2.20. The minimum absolute atomic E-state index is 0.0359. The van der Waals surface area contributed by atoms with Crippen molar-refractivity contribution in [3.63, 3.8) is 0 Å². The number of nitrogens with zero attached hydrogens (tertiary/aromatic N) is 1. The largest absolute Gasteiger partial charge is 0.354 e. The van der Waals surface area contributed by atoms with Gasteiger partial charge in [-0.15, -0.1) is 11.8 Å². The number of benzene rings is 2. The third-order valence-corrected chi connectivity index (χ3v) is 5.42. The van der Waals surface area contributed by atoms with E-state index in [-0.39, 0.29) is 11.8 Å². The second-order valence-electron chi connectivity index (χ2n) is 6.52. The van der Waals surface area contributed by atoms with Gasteiger partial charge in [0.05, 0.1) is 5.75 Å². The van der Waals surface area contributed by atoms with Gasteiger partial charge in [-0.1, -0.05) is 49.4 Å². The fourth-order valence-electron chi connectivity index (χ4n) is 2.69. The number of rotatable bonds is 9. The summed E-state index contributed by atoms with van der Waals surface area (Å²) in [6.07, 6.45) is 0.869. The lowest BCUT2D eigenvalue weighted by Gasteiger charge is -2.29. The Hall–Kier alpha value is -2.27. The van der Waals surface area contributed by atoms with Gasteiger partial charge in [0.2, 0.25) is 11.8 Å². The summed E-state index contributed by atoms with van der Waals surface area (Å²) in [6, 6.07) is 17.3. The van der Waals surface area contributed by atoms with Crippen molar-refractivity contribution in [2.24, 2.45) is 0 Å².